The van der Waals surface area contributed by atoms with Crippen LogP contribution in [0.3, 0.4) is 0 Å². The Balaban J connectivity index is 2.37. The highest BCUT2D eigenvalue weighted by Crippen LogP contribution is 2.33. The van der Waals surface area contributed by atoms with E-state index in [2.05, 4.69) is 12.2 Å². The van der Waals surface area contributed by atoms with Crippen molar-refractivity contribution in [2.75, 3.05) is 20.3 Å². The second-order valence-corrected chi connectivity index (χ2v) is 5.88. The predicted molar refractivity (Wildman–Crippen MR) is 94.3 cm³/mol. The molecule has 0 aliphatic rings. The Morgan fingerprint density at radius 2 is 1.73 bits per heavy atom. The maximum absolute atomic E-state index is 6.30. The fourth-order valence-corrected chi connectivity index (χ4v) is 2.61. The molecule has 0 aromatic heterocycles. The SMILES string of the molecule is CCCCCCCCNCc1cc(OCC)c(OC)cc1Cl. The van der Waals surface area contributed by atoms with Crippen molar-refractivity contribution in [3.8, 4) is 11.5 Å². The summed E-state index contributed by atoms with van der Waals surface area (Å²) in [4.78, 5) is 0. The van der Waals surface area contributed by atoms with Gasteiger partial charge in [-0.15, -0.1) is 0 Å². The van der Waals surface area contributed by atoms with Crippen molar-refractivity contribution >= 4 is 11.6 Å². The first-order chi connectivity index (χ1) is 10.7. The Morgan fingerprint density at radius 1 is 1.00 bits per heavy atom. The zero-order valence-electron chi connectivity index (χ0n) is 14.2. The van der Waals surface area contributed by atoms with Gasteiger partial charge in [-0.1, -0.05) is 50.6 Å². The maximum atomic E-state index is 6.30. The van der Waals surface area contributed by atoms with Gasteiger partial charge in [0.2, 0.25) is 0 Å². The number of rotatable bonds is 12. The van der Waals surface area contributed by atoms with Crippen LogP contribution in [0.15, 0.2) is 12.1 Å². The molecule has 1 N–H and O–H groups in total. The number of halogens is 1. The molecule has 1 aromatic carbocycles. The molecule has 0 bridgehead atoms. The molecular weight excluding hydrogens is 298 g/mol. The van der Waals surface area contributed by atoms with Gasteiger partial charge in [0.1, 0.15) is 0 Å². The summed E-state index contributed by atoms with van der Waals surface area (Å²) in [5, 5.41) is 4.18. The summed E-state index contributed by atoms with van der Waals surface area (Å²) in [6, 6.07) is 3.80. The second-order valence-electron chi connectivity index (χ2n) is 5.47. The van der Waals surface area contributed by atoms with Crippen LogP contribution in [0.1, 0.15) is 57.9 Å². The Bertz CT molecular complexity index is 424. The molecule has 4 heteroatoms. The third-order valence-corrected chi connectivity index (χ3v) is 4.01. The number of ether oxygens (including phenoxy) is 2. The van der Waals surface area contributed by atoms with E-state index in [1.54, 1.807) is 7.11 Å². The number of unbranched alkanes of at least 4 members (excludes halogenated alkanes) is 5. The molecule has 0 amide bonds. The van der Waals surface area contributed by atoms with Crippen LogP contribution in [-0.2, 0) is 6.54 Å². The van der Waals surface area contributed by atoms with Crippen LogP contribution in [0, 0.1) is 0 Å². The first kappa shape index (κ1) is 19.1. The predicted octanol–water partition coefficient (Wildman–Crippen LogP) is 5.20. The molecule has 0 saturated carbocycles. The fraction of sp³-hybridized carbons (Fsp3) is 0.667. The molecule has 0 aliphatic carbocycles. The monoisotopic (exact) mass is 327 g/mol. The van der Waals surface area contributed by atoms with E-state index < -0.39 is 0 Å². The van der Waals surface area contributed by atoms with E-state index in [-0.39, 0.29) is 0 Å². The van der Waals surface area contributed by atoms with E-state index in [0.717, 1.165) is 29.4 Å². The molecule has 0 saturated heterocycles. The zero-order chi connectivity index (χ0) is 16.2. The smallest absolute Gasteiger partial charge is 0.162 e. The summed E-state index contributed by atoms with van der Waals surface area (Å²) in [6.07, 6.45) is 7.88. The van der Waals surface area contributed by atoms with Crippen molar-refractivity contribution < 1.29 is 9.47 Å². The molecule has 0 spiro atoms. The van der Waals surface area contributed by atoms with Crippen LogP contribution in [0.25, 0.3) is 0 Å². The minimum absolute atomic E-state index is 0.614. The van der Waals surface area contributed by atoms with Gasteiger partial charge in [-0.3, -0.25) is 0 Å². The van der Waals surface area contributed by atoms with Crippen LogP contribution in [0.4, 0.5) is 0 Å². The minimum Gasteiger partial charge on any atom is -0.493 e. The number of hydrogen-bond donors (Lipinski definition) is 1. The highest BCUT2D eigenvalue weighted by molar-refractivity contribution is 6.31. The molecule has 0 radical (unpaired) electrons. The molecule has 0 unspecified atom stereocenters. The summed E-state index contributed by atoms with van der Waals surface area (Å²) in [5.41, 5.74) is 1.05. The largest absolute Gasteiger partial charge is 0.493 e. The number of hydrogen-bond acceptors (Lipinski definition) is 3. The molecule has 0 fully saturated rings. The molecule has 1 rings (SSSR count). The standard InChI is InChI=1S/C18H30ClNO2/c1-4-6-7-8-9-10-11-20-14-15-12-18(22-5-2)17(21-3)13-16(15)19/h12-13,20H,4-11,14H2,1-3H3. The first-order valence-corrected chi connectivity index (χ1v) is 8.80. The summed E-state index contributed by atoms with van der Waals surface area (Å²) in [7, 11) is 1.63. The summed E-state index contributed by atoms with van der Waals surface area (Å²) in [5.74, 6) is 1.44. The van der Waals surface area contributed by atoms with Crippen molar-refractivity contribution in [3.05, 3.63) is 22.7 Å². The van der Waals surface area contributed by atoms with Crippen LogP contribution in [0.2, 0.25) is 5.02 Å². The van der Waals surface area contributed by atoms with Gasteiger partial charge in [-0.05, 0) is 31.5 Å². The van der Waals surface area contributed by atoms with E-state index in [1.807, 2.05) is 19.1 Å². The molecule has 3 nitrogen and oxygen atoms in total. The number of methoxy groups -OCH3 is 1. The van der Waals surface area contributed by atoms with Crippen molar-refractivity contribution in [2.24, 2.45) is 0 Å². The van der Waals surface area contributed by atoms with E-state index in [9.17, 15) is 0 Å². The third kappa shape index (κ3) is 6.89. The molecule has 0 atom stereocenters. The lowest BCUT2D eigenvalue weighted by Crippen LogP contribution is -2.15. The highest BCUT2D eigenvalue weighted by atomic mass is 35.5. The second kappa shape index (κ2) is 11.6. The number of benzene rings is 1. The first-order valence-electron chi connectivity index (χ1n) is 8.42. The van der Waals surface area contributed by atoms with E-state index in [1.165, 1.54) is 38.5 Å². The van der Waals surface area contributed by atoms with Gasteiger partial charge in [0.25, 0.3) is 0 Å². The lowest BCUT2D eigenvalue weighted by Gasteiger charge is -2.13. The molecule has 126 valence electrons. The highest BCUT2D eigenvalue weighted by Gasteiger charge is 2.10. The van der Waals surface area contributed by atoms with Crippen molar-refractivity contribution in [2.45, 2.75) is 58.9 Å². The molecule has 1 aromatic rings. The van der Waals surface area contributed by atoms with Gasteiger partial charge in [-0.25, -0.2) is 0 Å². The van der Waals surface area contributed by atoms with Crippen LogP contribution < -0.4 is 14.8 Å². The van der Waals surface area contributed by atoms with E-state index >= 15 is 0 Å². The average Bonchev–Trinajstić information content (AvgIpc) is 2.52. The maximum Gasteiger partial charge on any atom is 0.162 e. The van der Waals surface area contributed by atoms with Crippen LogP contribution in [0.5, 0.6) is 11.5 Å². The molecule has 0 aliphatic heterocycles. The third-order valence-electron chi connectivity index (χ3n) is 3.66. The van der Waals surface area contributed by atoms with E-state index in [4.69, 9.17) is 21.1 Å². The quantitative estimate of drug-likeness (QED) is 0.535. The topological polar surface area (TPSA) is 30.5 Å². The zero-order valence-corrected chi connectivity index (χ0v) is 15.0. The van der Waals surface area contributed by atoms with Crippen molar-refractivity contribution in [1.82, 2.24) is 5.32 Å². The molecule has 0 heterocycles. The fourth-order valence-electron chi connectivity index (χ4n) is 2.39. The Kier molecular flexibility index (Phi) is 10.1. The van der Waals surface area contributed by atoms with Crippen molar-refractivity contribution in [3.63, 3.8) is 0 Å². The normalized spacial score (nSPS) is 10.7. The van der Waals surface area contributed by atoms with E-state index in [0.29, 0.717) is 12.4 Å². The van der Waals surface area contributed by atoms with Gasteiger partial charge in [-0.2, -0.15) is 0 Å². The van der Waals surface area contributed by atoms with Gasteiger partial charge < -0.3 is 14.8 Å². The van der Waals surface area contributed by atoms with Gasteiger partial charge >= 0.3 is 0 Å². The minimum atomic E-state index is 0.614. The Labute approximate surface area is 140 Å². The van der Waals surface area contributed by atoms with Crippen LogP contribution in [-0.4, -0.2) is 20.3 Å². The van der Waals surface area contributed by atoms with Crippen molar-refractivity contribution in [1.29, 1.82) is 0 Å². The average molecular weight is 328 g/mol. The lowest BCUT2D eigenvalue weighted by molar-refractivity contribution is 0.310. The lowest BCUT2D eigenvalue weighted by atomic mass is 10.1. The Morgan fingerprint density at radius 3 is 2.41 bits per heavy atom. The molecular formula is C18H30ClNO2. The summed E-state index contributed by atoms with van der Waals surface area (Å²) >= 11 is 6.30. The van der Waals surface area contributed by atoms with Gasteiger partial charge in [0, 0.05) is 17.6 Å². The summed E-state index contributed by atoms with van der Waals surface area (Å²) in [6.45, 7) is 6.61. The number of nitrogens with one attached hydrogen (secondary N) is 1. The summed E-state index contributed by atoms with van der Waals surface area (Å²) < 4.78 is 10.9. The molecule has 22 heavy (non-hydrogen) atoms. The van der Waals surface area contributed by atoms with Crippen LogP contribution >= 0.6 is 11.6 Å². The van der Waals surface area contributed by atoms with Gasteiger partial charge in [0.15, 0.2) is 11.5 Å². The van der Waals surface area contributed by atoms with Gasteiger partial charge in [0.05, 0.1) is 13.7 Å². The Hall–Kier alpha value is -0.930.